The van der Waals surface area contributed by atoms with Gasteiger partial charge in [0.15, 0.2) is 0 Å². The molecular weight excluding hydrogens is 525 g/mol. The lowest BCUT2D eigenvalue weighted by Gasteiger charge is -2.37. The number of alkyl halides is 3. The van der Waals surface area contributed by atoms with Crippen LogP contribution < -0.4 is 4.74 Å². The van der Waals surface area contributed by atoms with Crippen LogP contribution in [0.3, 0.4) is 0 Å². The van der Waals surface area contributed by atoms with Crippen molar-refractivity contribution in [3.63, 3.8) is 0 Å². The molecule has 0 aliphatic carbocycles. The van der Waals surface area contributed by atoms with Crippen molar-refractivity contribution >= 4 is 16.0 Å². The maximum Gasteiger partial charge on any atom is 0.416 e. The third-order valence-corrected chi connectivity index (χ3v) is 9.22. The van der Waals surface area contributed by atoms with Gasteiger partial charge in [0, 0.05) is 26.3 Å². The highest BCUT2D eigenvalue weighted by Gasteiger charge is 2.46. The Bertz CT molecular complexity index is 949. The zero-order valence-electron chi connectivity index (χ0n) is 22.8. The summed E-state index contributed by atoms with van der Waals surface area (Å²) in [5, 5.41) is 0. The Kier molecular flexibility index (Phi) is 12.3. The van der Waals surface area contributed by atoms with Crippen LogP contribution in [0.5, 0.6) is 5.75 Å². The molecule has 0 amide bonds. The van der Waals surface area contributed by atoms with E-state index in [9.17, 15) is 26.4 Å². The van der Waals surface area contributed by atoms with Gasteiger partial charge in [0.2, 0.25) is 10.0 Å². The second-order valence-corrected chi connectivity index (χ2v) is 11.5. The molecule has 0 saturated carbocycles. The largest absolute Gasteiger partial charge is 0.490 e. The topological polar surface area (TPSA) is 85.4 Å². The van der Waals surface area contributed by atoms with Crippen LogP contribution in [0, 0.1) is 5.41 Å². The Balaban J connectivity index is 0.000000638. The van der Waals surface area contributed by atoms with E-state index >= 15 is 0 Å². The fraction of sp³-hybridized carbons (Fsp3) is 0.731. The number of hydrogen-bond donors (Lipinski definition) is 0. The number of esters is 1. The van der Waals surface area contributed by atoms with Gasteiger partial charge in [-0.2, -0.15) is 13.2 Å². The summed E-state index contributed by atoms with van der Waals surface area (Å²) in [6.07, 6.45) is -3.35. The number of halogens is 3. The molecule has 2 aliphatic heterocycles. The predicted molar refractivity (Wildman–Crippen MR) is 138 cm³/mol. The second-order valence-electron chi connectivity index (χ2n) is 9.50. The third kappa shape index (κ3) is 9.10. The summed E-state index contributed by atoms with van der Waals surface area (Å²) in [5.41, 5.74) is -1.87. The highest BCUT2D eigenvalue weighted by Crippen LogP contribution is 2.35. The average molecular weight is 567 g/mol. The molecule has 12 heteroatoms. The molecule has 2 aliphatic rings. The lowest BCUT2D eigenvalue weighted by atomic mass is 9.82. The normalized spacial score (nSPS) is 18.9. The van der Waals surface area contributed by atoms with Crippen LogP contribution in [-0.2, 0) is 30.5 Å². The molecule has 38 heavy (non-hydrogen) atoms. The number of benzene rings is 1. The minimum absolute atomic E-state index is 0.210. The minimum Gasteiger partial charge on any atom is -0.490 e. The van der Waals surface area contributed by atoms with Crippen molar-refractivity contribution in [2.45, 2.75) is 58.7 Å². The Morgan fingerprint density at radius 1 is 1.05 bits per heavy atom. The second kappa shape index (κ2) is 14.5. The van der Waals surface area contributed by atoms with Crippen molar-refractivity contribution in [1.82, 2.24) is 9.21 Å². The molecule has 0 bridgehead atoms. The predicted octanol–water partition coefficient (Wildman–Crippen LogP) is 4.20. The first-order valence-electron chi connectivity index (χ1n) is 13.1. The van der Waals surface area contributed by atoms with Crippen LogP contribution in [-0.4, -0.2) is 88.5 Å². The molecule has 8 nitrogen and oxygen atoms in total. The number of hydrogen-bond acceptors (Lipinski definition) is 7. The van der Waals surface area contributed by atoms with Gasteiger partial charge in [0.1, 0.15) is 11.9 Å². The van der Waals surface area contributed by atoms with Crippen molar-refractivity contribution < 1.29 is 40.6 Å². The molecule has 0 radical (unpaired) electrons. The maximum atomic E-state index is 13.0. The van der Waals surface area contributed by atoms with Crippen molar-refractivity contribution in [1.29, 1.82) is 0 Å². The number of piperidine rings is 1. The van der Waals surface area contributed by atoms with Crippen LogP contribution in [0.15, 0.2) is 24.3 Å². The summed E-state index contributed by atoms with van der Waals surface area (Å²) in [5.74, 6) is -0.568. The van der Waals surface area contributed by atoms with E-state index in [1.807, 2.05) is 0 Å². The van der Waals surface area contributed by atoms with E-state index in [0.717, 1.165) is 12.1 Å². The Morgan fingerprint density at radius 2 is 1.58 bits per heavy atom. The van der Waals surface area contributed by atoms with E-state index in [0.29, 0.717) is 31.8 Å². The zero-order chi connectivity index (χ0) is 28.4. The summed E-state index contributed by atoms with van der Waals surface area (Å²) in [6.45, 7) is 11.1. The van der Waals surface area contributed by atoms with Gasteiger partial charge >= 0.3 is 12.1 Å². The van der Waals surface area contributed by atoms with Crippen molar-refractivity contribution in [3.05, 3.63) is 29.8 Å². The van der Waals surface area contributed by atoms with E-state index in [2.05, 4.69) is 25.7 Å². The number of carbonyl (C=O) groups is 1. The molecule has 0 unspecified atom stereocenters. The zero-order valence-corrected chi connectivity index (χ0v) is 23.6. The lowest BCUT2D eigenvalue weighted by molar-refractivity contribution is -0.156. The molecule has 0 spiro atoms. The Morgan fingerprint density at radius 3 is 2.00 bits per heavy atom. The monoisotopic (exact) mass is 566 g/mol. The van der Waals surface area contributed by atoms with Gasteiger partial charge in [-0.15, -0.1) is 0 Å². The molecule has 1 aromatic carbocycles. The molecule has 1 aromatic rings. The molecule has 2 fully saturated rings. The van der Waals surface area contributed by atoms with Gasteiger partial charge in [0.25, 0.3) is 0 Å². The van der Waals surface area contributed by atoms with Crippen molar-refractivity contribution in [2.75, 3.05) is 58.8 Å². The first-order valence-corrected chi connectivity index (χ1v) is 14.7. The average Bonchev–Trinajstić information content (AvgIpc) is 2.90. The van der Waals surface area contributed by atoms with E-state index < -0.39 is 33.1 Å². The molecule has 0 N–H and O–H groups in total. The Hall–Kier alpha value is -1.89. The first kappa shape index (κ1) is 32.3. The smallest absolute Gasteiger partial charge is 0.416 e. The van der Waals surface area contributed by atoms with Gasteiger partial charge in [0.05, 0.1) is 23.8 Å². The summed E-state index contributed by atoms with van der Waals surface area (Å²) >= 11 is 0. The first-order chi connectivity index (χ1) is 17.9. The minimum atomic E-state index is -4.41. The van der Waals surface area contributed by atoms with Gasteiger partial charge in [-0.1, -0.05) is 20.8 Å². The molecule has 2 heterocycles. The van der Waals surface area contributed by atoms with E-state index in [4.69, 9.17) is 14.2 Å². The van der Waals surface area contributed by atoms with Gasteiger partial charge in [-0.3, -0.25) is 4.79 Å². The van der Waals surface area contributed by atoms with Gasteiger partial charge in [-0.25, -0.2) is 12.7 Å². The highest BCUT2D eigenvalue weighted by molar-refractivity contribution is 7.89. The molecule has 0 atom stereocenters. The molecule has 0 aromatic heterocycles. The van der Waals surface area contributed by atoms with Crippen LogP contribution in [0.1, 0.15) is 52.0 Å². The van der Waals surface area contributed by atoms with E-state index in [1.54, 1.807) is 0 Å². The van der Waals surface area contributed by atoms with Crippen LogP contribution >= 0.6 is 0 Å². The van der Waals surface area contributed by atoms with Gasteiger partial charge < -0.3 is 19.1 Å². The third-order valence-electron chi connectivity index (χ3n) is 7.15. The summed E-state index contributed by atoms with van der Waals surface area (Å²) in [6, 6.07) is 4.43. The fourth-order valence-electron chi connectivity index (χ4n) is 4.64. The number of nitrogens with zero attached hydrogens (tertiary/aromatic N) is 2. The van der Waals surface area contributed by atoms with Crippen molar-refractivity contribution in [3.8, 4) is 5.75 Å². The van der Waals surface area contributed by atoms with Crippen LogP contribution in [0.4, 0.5) is 13.2 Å². The maximum absolute atomic E-state index is 13.0. The standard InChI is InChI=1S/C20H26F3NO6S.C6H15N/c1-28-18(25)19(8-12-29-13-9-19)14-31(26,27)24-10-6-17(7-11-24)30-16-4-2-15(3-5-16)20(21,22)23;1-4-7(5-2)6-3/h2-5,17H,6-14H2,1H3;4-6H2,1-3H3. The molecular formula is C26H41F3N2O6S. The van der Waals surface area contributed by atoms with E-state index in [1.165, 1.54) is 43.2 Å². The lowest BCUT2D eigenvalue weighted by Crippen LogP contribution is -2.49. The summed E-state index contributed by atoms with van der Waals surface area (Å²) in [7, 11) is -2.47. The summed E-state index contributed by atoms with van der Waals surface area (Å²) < 4.78 is 81.2. The fourth-order valence-corrected chi connectivity index (χ4v) is 6.69. The highest BCUT2D eigenvalue weighted by atomic mass is 32.2. The summed E-state index contributed by atoms with van der Waals surface area (Å²) in [4.78, 5) is 14.7. The SMILES string of the molecule is CCN(CC)CC.COC(=O)C1(CS(=O)(=O)N2CCC(Oc3ccc(C(F)(F)F)cc3)CC2)CCOCC1. The number of carbonyl (C=O) groups excluding carboxylic acids is 1. The molecule has 2 saturated heterocycles. The van der Waals surface area contributed by atoms with E-state index in [-0.39, 0.29) is 37.8 Å². The number of methoxy groups -OCH3 is 1. The molecule has 218 valence electrons. The molecule has 3 rings (SSSR count). The van der Waals surface area contributed by atoms with Crippen molar-refractivity contribution in [2.24, 2.45) is 5.41 Å². The number of rotatable bonds is 9. The quantitative estimate of drug-likeness (QED) is 0.415. The Labute approximate surface area is 224 Å². The van der Waals surface area contributed by atoms with Crippen LogP contribution in [0.25, 0.3) is 0 Å². The number of ether oxygens (including phenoxy) is 3. The number of sulfonamides is 1. The van der Waals surface area contributed by atoms with Gasteiger partial charge in [-0.05, 0) is 69.6 Å². The van der Waals surface area contributed by atoms with Crippen LogP contribution in [0.2, 0.25) is 0 Å².